The molecule has 1 fully saturated rings. The van der Waals surface area contributed by atoms with Crippen LogP contribution in [0.15, 0.2) is 36.7 Å². The molecule has 7 nitrogen and oxygen atoms in total. The molecule has 1 unspecified atom stereocenters. The topological polar surface area (TPSA) is 73.8 Å². The molecule has 1 aromatic heterocycles. The van der Waals surface area contributed by atoms with Crippen LogP contribution < -0.4 is 14.2 Å². The van der Waals surface area contributed by atoms with Crippen molar-refractivity contribution in [3.05, 3.63) is 42.2 Å². The van der Waals surface area contributed by atoms with Crippen molar-refractivity contribution in [2.75, 3.05) is 27.3 Å². The fourth-order valence-corrected chi connectivity index (χ4v) is 3.03. The van der Waals surface area contributed by atoms with Crippen molar-refractivity contribution in [2.24, 2.45) is 0 Å². The maximum absolute atomic E-state index is 12.7. The first-order chi connectivity index (χ1) is 12.7. The van der Waals surface area contributed by atoms with Crippen LogP contribution in [0.25, 0.3) is 0 Å². The monoisotopic (exact) mass is 357 g/mol. The molecule has 26 heavy (non-hydrogen) atoms. The predicted octanol–water partition coefficient (Wildman–Crippen LogP) is 2.11. The number of nitrogens with zero attached hydrogens (tertiary/aromatic N) is 3. The number of rotatable bonds is 6. The van der Waals surface area contributed by atoms with Crippen LogP contribution in [-0.2, 0) is 11.2 Å². The summed E-state index contributed by atoms with van der Waals surface area (Å²) >= 11 is 0. The maximum atomic E-state index is 12.7. The lowest BCUT2D eigenvalue weighted by atomic mass is 10.1. The lowest BCUT2D eigenvalue weighted by Crippen LogP contribution is -2.45. The third kappa shape index (κ3) is 4.41. The Balaban J connectivity index is 1.60. The highest BCUT2D eigenvalue weighted by molar-refractivity contribution is 5.79. The van der Waals surface area contributed by atoms with Gasteiger partial charge < -0.3 is 19.1 Å². The summed E-state index contributed by atoms with van der Waals surface area (Å²) in [6.45, 7) is 1.28. The molecule has 2 aromatic rings. The third-order valence-electron chi connectivity index (χ3n) is 4.35. The zero-order chi connectivity index (χ0) is 18.4. The number of benzene rings is 1. The Morgan fingerprint density at radius 1 is 1.19 bits per heavy atom. The van der Waals surface area contributed by atoms with E-state index in [-0.39, 0.29) is 12.0 Å². The van der Waals surface area contributed by atoms with Crippen molar-refractivity contribution in [1.29, 1.82) is 0 Å². The Morgan fingerprint density at radius 2 is 1.96 bits per heavy atom. The average molecular weight is 357 g/mol. The first-order valence-corrected chi connectivity index (χ1v) is 8.62. The predicted molar refractivity (Wildman–Crippen MR) is 95.5 cm³/mol. The minimum Gasteiger partial charge on any atom is -0.493 e. The van der Waals surface area contributed by atoms with Gasteiger partial charge in [-0.25, -0.2) is 9.97 Å². The highest BCUT2D eigenvalue weighted by Crippen LogP contribution is 2.28. The molecule has 0 saturated carbocycles. The van der Waals surface area contributed by atoms with Gasteiger partial charge in [-0.15, -0.1) is 0 Å². The Morgan fingerprint density at radius 3 is 2.69 bits per heavy atom. The van der Waals surface area contributed by atoms with E-state index in [9.17, 15) is 4.79 Å². The van der Waals surface area contributed by atoms with Gasteiger partial charge in [-0.3, -0.25) is 4.79 Å². The summed E-state index contributed by atoms with van der Waals surface area (Å²) in [5, 5.41) is 0. The quantitative estimate of drug-likeness (QED) is 0.788. The zero-order valence-corrected chi connectivity index (χ0v) is 15.1. The van der Waals surface area contributed by atoms with E-state index in [2.05, 4.69) is 9.97 Å². The van der Waals surface area contributed by atoms with Gasteiger partial charge >= 0.3 is 6.01 Å². The van der Waals surface area contributed by atoms with E-state index in [1.54, 1.807) is 32.7 Å². The van der Waals surface area contributed by atoms with Crippen LogP contribution >= 0.6 is 0 Å². The summed E-state index contributed by atoms with van der Waals surface area (Å²) in [5.74, 6) is 1.34. The first-order valence-electron chi connectivity index (χ1n) is 8.62. The van der Waals surface area contributed by atoms with Crippen LogP contribution in [0.1, 0.15) is 18.4 Å². The fourth-order valence-electron chi connectivity index (χ4n) is 3.03. The number of methoxy groups -OCH3 is 2. The van der Waals surface area contributed by atoms with Gasteiger partial charge in [-0.2, -0.15) is 0 Å². The second-order valence-corrected chi connectivity index (χ2v) is 6.12. The SMILES string of the molecule is COc1ccc(CC(=O)N2CCCC(Oc3ncccn3)C2)cc1OC. The third-order valence-corrected chi connectivity index (χ3v) is 4.35. The fraction of sp³-hybridized carbons (Fsp3) is 0.421. The number of hydrogen-bond donors (Lipinski definition) is 0. The van der Waals surface area contributed by atoms with Gasteiger partial charge in [-0.1, -0.05) is 6.07 Å². The van der Waals surface area contributed by atoms with Gasteiger partial charge in [0.1, 0.15) is 6.10 Å². The molecule has 0 N–H and O–H groups in total. The van der Waals surface area contributed by atoms with Crippen LogP contribution in [0.3, 0.4) is 0 Å². The van der Waals surface area contributed by atoms with Crippen LogP contribution in [-0.4, -0.2) is 54.2 Å². The van der Waals surface area contributed by atoms with E-state index in [0.717, 1.165) is 24.9 Å². The molecule has 1 aromatic carbocycles. The van der Waals surface area contributed by atoms with Gasteiger partial charge in [0.05, 0.1) is 27.2 Å². The molecule has 2 heterocycles. The molecule has 1 saturated heterocycles. The van der Waals surface area contributed by atoms with Crippen molar-refractivity contribution < 1.29 is 19.0 Å². The van der Waals surface area contributed by atoms with E-state index < -0.39 is 0 Å². The van der Waals surface area contributed by atoms with Crippen LogP contribution in [0.5, 0.6) is 17.5 Å². The molecule has 1 atom stereocenters. The summed E-state index contributed by atoms with van der Waals surface area (Å²) in [7, 11) is 3.18. The number of piperidine rings is 1. The summed E-state index contributed by atoms with van der Waals surface area (Å²) in [5.41, 5.74) is 0.891. The molecule has 3 rings (SSSR count). The Kier molecular flexibility index (Phi) is 5.88. The van der Waals surface area contributed by atoms with Crippen molar-refractivity contribution in [2.45, 2.75) is 25.4 Å². The second-order valence-electron chi connectivity index (χ2n) is 6.12. The van der Waals surface area contributed by atoms with Gasteiger partial charge in [0.25, 0.3) is 0 Å². The van der Waals surface area contributed by atoms with Gasteiger partial charge in [0, 0.05) is 18.9 Å². The van der Waals surface area contributed by atoms with E-state index in [0.29, 0.717) is 30.5 Å². The summed E-state index contributed by atoms with van der Waals surface area (Å²) < 4.78 is 16.3. The van der Waals surface area contributed by atoms with Crippen molar-refractivity contribution >= 4 is 5.91 Å². The summed E-state index contributed by atoms with van der Waals surface area (Å²) in [4.78, 5) is 22.7. The Labute approximate surface area is 152 Å². The van der Waals surface area contributed by atoms with Gasteiger partial charge in [0.2, 0.25) is 5.91 Å². The molecule has 7 heteroatoms. The van der Waals surface area contributed by atoms with Crippen molar-refractivity contribution in [3.63, 3.8) is 0 Å². The standard InChI is InChI=1S/C19H23N3O4/c1-24-16-7-6-14(11-17(16)25-2)12-18(23)22-10-3-5-15(13-22)26-19-20-8-4-9-21-19/h4,6-9,11,15H,3,5,10,12-13H2,1-2H3. The largest absolute Gasteiger partial charge is 0.493 e. The van der Waals surface area contributed by atoms with Crippen LogP contribution in [0.4, 0.5) is 0 Å². The van der Waals surface area contributed by atoms with Crippen LogP contribution in [0, 0.1) is 0 Å². The number of carbonyl (C=O) groups excluding carboxylic acids is 1. The number of hydrogen-bond acceptors (Lipinski definition) is 6. The molecular weight excluding hydrogens is 334 g/mol. The molecule has 138 valence electrons. The summed E-state index contributed by atoms with van der Waals surface area (Å²) in [6.07, 6.45) is 5.30. The van der Waals surface area contributed by atoms with E-state index in [4.69, 9.17) is 14.2 Å². The minimum atomic E-state index is -0.0829. The average Bonchev–Trinajstić information content (AvgIpc) is 2.69. The first kappa shape index (κ1) is 18.0. The second kappa shape index (κ2) is 8.51. The highest BCUT2D eigenvalue weighted by Gasteiger charge is 2.25. The lowest BCUT2D eigenvalue weighted by molar-refractivity contribution is -0.133. The van der Waals surface area contributed by atoms with Crippen LogP contribution in [0.2, 0.25) is 0 Å². The minimum absolute atomic E-state index is 0.0690. The van der Waals surface area contributed by atoms with Gasteiger partial charge in [-0.05, 0) is 36.6 Å². The summed E-state index contributed by atoms with van der Waals surface area (Å²) in [6, 6.07) is 7.64. The van der Waals surface area contributed by atoms with E-state index in [1.165, 1.54) is 0 Å². The molecule has 0 radical (unpaired) electrons. The molecular formula is C19H23N3O4. The normalized spacial score (nSPS) is 16.8. The van der Waals surface area contributed by atoms with Crippen molar-refractivity contribution in [1.82, 2.24) is 14.9 Å². The number of amides is 1. The van der Waals surface area contributed by atoms with E-state index >= 15 is 0 Å². The Bertz CT molecular complexity index is 739. The Hall–Kier alpha value is -2.83. The molecule has 0 bridgehead atoms. The van der Waals surface area contributed by atoms with Gasteiger partial charge in [0.15, 0.2) is 11.5 Å². The highest BCUT2D eigenvalue weighted by atomic mass is 16.5. The number of aromatic nitrogens is 2. The number of carbonyl (C=O) groups is 1. The molecule has 1 aliphatic rings. The number of likely N-dealkylation sites (tertiary alicyclic amines) is 1. The molecule has 1 amide bonds. The number of ether oxygens (including phenoxy) is 3. The van der Waals surface area contributed by atoms with Crippen molar-refractivity contribution in [3.8, 4) is 17.5 Å². The molecule has 1 aliphatic heterocycles. The van der Waals surface area contributed by atoms with E-state index in [1.807, 2.05) is 23.1 Å². The lowest BCUT2D eigenvalue weighted by Gasteiger charge is -2.32. The molecule has 0 aliphatic carbocycles. The maximum Gasteiger partial charge on any atom is 0.316 e. The smallest absolute Gasteiger partial charge is 0.316 e. The molecule has 0 spiro atoms. The zero-order valence-electron chi connectivity index (χ0n) is 15.1.